The van der Waals surface area contributed by atoms with Crippen molar-refractivity contribution in [2.75, 3.05) is 18.4 Å². The van der Waals surface area contributed by atoms with Crippen LogP contribution in [-0.4, -0.2) is 64.9 Å². The van der Waals surface area contributed by atoms with Gasteiger partial charge in [0, 0.05) is 36.5 Å². The first-order valence-electron chi connectivity index (χ1n) is 15.7. The number of nitrogens with one attached hydrogen (secondary N) is 1. The SMILES string of the molecule is O=C(O)CCCCN(CCCC1CCCCC1)S(=O)(=O)/C=C/c1ccc(NC(=O)C2CCC(C(C(=O)O)C(=O)O)CC2)cc1. The summed E-state index contributed by atoms with van der Waals surface area (Å²) in [5.74, 6) is -5.50. The first-order valence-corrected chi connectivity index (χ1v) is 17.2. The molecule has 2 fully saturated rings. The molecule has 1 aromatic rings. The van der Waals surface area contributed by atoms with E-state index in [1.165, 1.54) is 47.9 Å². The molecule has 0 spiro atoms. The van der Waals surface area contributed by atoms with Crippen molar-refractivity contribution in [2.24, 2.45) is 23.7 Å². The number of hydrogen-bond acceptors (Lipinski definition) is 6. The van der Waals surface area contributed by atoms with E-state index >= 15 is 0 Å². The minimum absolute atomic E-state index is 0.00582. The van der Waals surface area contributed by atoms with Crippen LogP contribution in [0.1, 0.15) is 95.5 Å². The Kier molecular flexibility index (Phi) is 13.8. The summed E-state index contributed by atoms with van der Waals surface area (Å²) in [5, 5.41) is 31.4. The van der Waals surface area contributed by atoms with E-state index in [9.17, 15) is 37.8 Å². The third-order valence-electron chi connectivity index (χ3n) is 8.91. The van der Waals surface area contributed by atoms with E-state index in [0.29, 0.717) is 62.2 Å². The number of rotatable bonds is 17. The molecule has 2 aliphatic carbocycles. The fraction of sp³-hybridized carbons (Fsp3) is 0.625. The highest BCUT2D eigenvalue weighted by molar-refractivity contribution is 7.92. The summed E-state index contributed by atoms with van der Waals surface area (Å²) in [6.07, 6.45) is 11.8. The van der Waals surface area contributed by atoms with Crippen LogP contribution in [0.3, 0.4) is 0 Å². The second-order valence-corrected chi connectivity index (χ2v) is 13.9. The van der Waals surface area contributed by atoms with Crippen molar-refractivity contribution in [2.45, 2.75) is 89.9 Å². The average molecular weight is 635 g/mol. The van der Waals surface area contributed by atoms with Crippen LogP contribution in [0.25, 0.3) is 6.08 Å². The van der Waals surface area contributed by atoms with Gasteiger partial charge in [-0.2, -0.15) is 4.31 Å². The van der Waals surface area contributed by atoms with Crippen LogP contribution in [0.5, 0.6) is 0 Å². The lowest BCUT2D eigenvalue weighted by atomic mass is 9.75. The molecule has 44 heavy (non-hydrogen) atoms. The normalized spacial score (nSPS) is 19.8. The van der Waals surface area contributed by atoms with Gasteiger partial charge < -0.3 is 20.6 Å². The Balaban J connectivity index is 1.54. The van der Waals surface area contributed by atoms with E-state index < -0.39 is 39.8 Å². The first-order chi connectivity index (χ1) is 21.0. The van der Waals surface area contributed by atoms with Gasteiger partial charge in [-0.1, -0.05) is 44.2 Å². The Morgan fingerprint density at radius 2 is 1.45 bits per heavy atom. The topological polar surface area (TPSA) is 178 Å². The molecule has 0 unspecified atom stereocenters. The number of carboxylic acid groups (broad SMARTS) is 3. The van der Waals surface area contributed by atoms with Gasteiger partial charge in [-0.15, -0.1) is 0 Å². The summed E-state index contributed by atoms with van der Waals surface area (Å²) < 4.78 is 27.9. The predicted molar refractivity (Wildman–Crippen MR) is 166 cm³/mol. The third kappa shape index (κ3) is 11.4. The number of carbonyl (C=O) groups is 4. The lowest BCUT2D eigenvalue weighted by Crippen LogP contribution is -2.35. The molecule has 0 bridgehead atoms. The van der Waals surface area contributed by atoms with Crippen molar-refractivity contribution >= 4 is 45.6 Å². The van der Waals surface area contributed by atoms with Crippen LogP contribution in [0.2, 0.25) is 0 Å². The number of carbonyl (C=O) groups excluding carboxylic acids is 1. The molecule has 2 saturated carbocycles. The van der Waals surface area contributed by atoms with Crippen LogP contribution in [0.15, 0.2) is 29.7 Å². The number of nitrogens with zero attached hydrogens (tertiary/aromatic N) is 1. The minimum Gasteiger partial charge on any atom is -0.481 e. The van der Waals surface area contributed by atoms with Crippen LogP contribution < -0.4 is 5.32 Å². The van der Waals surface area contributed by atoms with Gasteiger partial charge in [0.25, 0.3) is 0 Å². The van der Waals surface area contributed by atoms with E-state index in [4.69, 9.17) is 5.11 Å². The molecular formula is C32H46N2O9S. The van der Waals surface area contributed by atoms with Gasteiger partial charge in [-0.25, -0.2) is 8.42 Å². The van der Waals surface area contributed by atoms with Crippen molar-refractivity contribution in [3.8, 4) is 0 Å². The quantitative estimate of drug-likeness (QED) is 0.128. The summed E-state index contributed by atoms with van der Waals surface area (Å²) in [7, 11) is -3.73. The Labute approximate surface area is 259 Å². The lowest BCUT2D eigenvalue weighted by Gasteiger charge is -2.29. The summed E-state index contributed by atoms with van der Waals surface area (Å²) >= 11 is 0. The fourth-order valence-corrected chi connectivity index (χ4v) is 7.63. The largest absolute Gasteiger partial charge is 0.481 e. The molecule has 0 heterocycles. The Hall–Kier alpha value is -3.25. The number of carboxylic acids is 3. The summed E-state index contributed by atoms with van der Waals surface area (Å²) in [4.78, 5) is 46.3. The highest BCUT2D eigenvalue weighted by atomic mass is 32.2. The number of hydrogen-bond donors (Lipinski definition) is 4. The molecule has 3 rings (SSSR count). The molecule has 4 N–H and O–H groups in total. The minimum atomic E-state index is -3.73. The number of sulfonamides is 1. The standard InChI is InChI=1S/C32H46N2O9S/c35-28(36)10-4-5-20-34(21-6-9-23-7-2-1-3-8-23)44(42,43)22-19-24-11-17-27(18-12-24)33-30(37)26-15-13-25(14-16-26)29(31(38)39)32(40)41/h11-12,17-19,22-23,25-26,29H,1-10,13-16,20-21H2,(H,33,37)(H,35,36)(H,38,39)(H,40,41)/b22-19+. The smallest absolute Gasteiger partial charge is 0.318 e. The van der Waals surface area contributed by atoms with Gasteiger partial charge in [-0.3, -0.25) is 19.2 Å². The molecule has 1 amide bonds. The Bertz CT molecular complexity index is 1230. The molecule has 0 aromatic heterocycles. The van der Waals surface area contributed by atoms with Crippen LogP contribution in [0.4, 0.5) is 5.69 Å². The van der Waals surface area contributed by atoms with Crippen molar-refractivity contribution in [1.82, 2.24) is 4.31 Å². The number of aliphatic carboxylic acids is 3. The van der Waals surface area contributed by atoms with Gasteiger partial charge in [-0.05, 0) is 87.0 Å². The second kappa shape index (κ2) is 17.3. The molecule has 0 atom stereocenters. The molecular weight excluding hydrogens is 588 g/mol. The molecule has 1 aromatic carbocycles. The van der Waals surface area contributed by atoms with Crippen LogP contribution in [-0.2, 0) is 29.2 Å². The second-order valence-electron chi connectivity index (χ2n) is 12.1. The van der Waals surface area contributed by atoms with Gasteiger partial charge in [0.1, 0.15) is 0 Å². The summed E-state index contributed by atoms with van der Waals surface area (Å²) in [5.41, 5.74) is 1.17. The molecule has 11 nitrogen and oxygen atoms in total. The average Bonchev–Trinajstić information content (AvgIpc) is 2.98. The lowest BCUT2D eigenvalue weighted by molar-refractivity contribution is -0.158. The van der Waals surface area contributed by atoms with Crippen LogP contribution >= 0.6 is 0 Å². The molecule has 0 saturated heterocycles. The highest BCUT2D eigenvalue weighted by Gasteiger charge is 2.38. The summed E-state index contributed by atoms with van der Waals surface area (Å²) in [6, 6.07) is 6.75. The van der Waals surface area contributed by atoms with Gasteiger partial charge in [0.15, 0.2) is 5.92 Å². The van der Waals surface area contributed by atoms with E-state index in [1.807, 2.05) is 0 Å². The maximum absolute atomic E-state index is 13.2. The van der Waals surface area contributed by atoms with E-state index in [2.05, 4.69) is 5.32 Å². The van der Waals surface area contributed by atoms with Crippen molar-refractivity contribution in [3.63, 3.8) is 0 Å². The molecule has 0 aliphatic heterocycles. The van der Waals surface area contributed by atoms with Crippen molar-refractivity contribution < 1.29 is 42.9 Å². The molecule has 244 valence electrons. The Morgan fingerprint density at radius 3 is 2.05 bits per heavy atom. The van der Waals surface area contributed by atoms with E-state index in [1.54, 1.807) is 24.3 Å². The van der Waals surface area contributed by atoms with Crippen molar-refractivity contribution in [1.29, 1.82) is 0 Å². The number of unbranched alkanes of at least 4 members (excludes halogenated alkanes) is 1. The number of amides is 1. The molecule has 0 radical (unpaired) electrons. The fourth-order valence-electron chi connectivity index (χ4n) is 6.36. The predicted octanol–water partition coefficient (Wildman–Crippen LogP) is 5.43. The maximum atomic E-state index is 13.2. The first kappa shape index (κ1) is 35.2. The zero-order chi connectivity index (χ0) is 32.1. The third-order valence-corrected chi connectivity index (χ3v) is 10.5. The van der Waals surface area contributed by atoms with Crippen LogP contribution in [0, 0.1) is 23.7 Å². The molecule has 2 aliphatic rings. The maximum Gasteiger partial charge on any atom is 0.318 e. The zero-order valence-electron chi connectivity index (χ0n) is 25.2. The summed E-state index contributed by atoms with van der Waals surface area (Å²) in [6.45, 7) is 0.668. The highest BCUT2D eigenvalue weighted by Crippen LogP contribution is 2.34. The van der Waals surface area contributed by atoms with Gasteiger partial charge >= 0.3 is 17.9 Å². The van der Waals surface area contributed by atoms with Crippen molar-refractivity contribution in [3.05, 3.63) is 35.2 Å². The van der Waals surface area contributed by atoms with Gasteiger partial charge in [0.05, 0.1) is 0 Å². The molecule has 12 heteroatoms. The number of benzene rings is 1. The van der Waals surface area contributed by atoms with E-state index in [0.717, 1.165) is 12.8 Å². The van der Waals surface area contributed by atoms with Gasteiger partial charge in [0.2, 0.25) is 15.9 Å². The Morgan fingerprint density at radius 1 is 0.841 bits per heavy atom. The zero-order valence-corrected chi connectivity index (χ0v) is 26.1. The van der Waals surface area contributed by atoms with E-state index in [-0.39, 0.29) is 24.8 Å². The monoisotopic (exact) mass is 634 g/mol. The number of anilines is 1.